The summed E-state index contributed by atoms with van der Waals surface area (Å²) in [5.74, 6) is -1.73. The lowest BCUT2D eigenvalue weighted by Crippen LogP contribution is -2.23. The molecular formula is C14H10ClF2NOS. The minimum absolute atomic E-state index is 0.0275. The summed E-state index contributed by atoms with van der Waals surface area (Å²) in [6.07, 6.45) is 0. The zero-order valence-corrected chi connectivity index (χ0v) is 11.8. The van der Waals surface area contributed by atoms with Crippen LogP contribution in [0, 0.1) is 11.6 Å². The van der Waals surface area contributed by atoms with Gasteiger partial charge in [-0.05, 0) is 35.9 Å². The van der Waals surface area contributed by atoms with Crippen molar-refractivity contribution in [2.75, 3.05) is 0 Å². The number of benzene rings is 2. The van der Waals surface area contributed by atoms with E-state index in [9.17, 15) is 13.6 Å². The van der Waals surface area contributed by atoms with Gasteiger partial charge in [-0.25, -0.2) is 8.78 Å². The van der Waals surface area contributed by atoms with Gasteiger partial charge in [-0.1, -0.05) is 17.7 Å². The van der Waals surface area contributed by atoms with Crippen molar-refractivity contribution in [2.24, 2.45) is 0 Å². The average molecular weight is 314 g/mol. The summed E-state index contributed by atoms with van der Waals surface area (Å²) in [6.45, 7) is 0.120. The van der Waals surface area contributed by atoms with Crippen LogP contribution in [-0.4, -0.2) is 5.91 Å². The van der Waals surface area contributed by atoms with Crippen LogP contribution in [0.1, 0.15) is 15.9 Å². The molecule has 0 aliphatic carbocycles. The summed E-state index contributed by atoms with van der Waals surface area (Å²) in [5, 5.41) is 2.51. The number of halogens is 3. The lowest BCUT2D eigenvalue weighted by molar-refractivity contribution is 0.0946. The number of rotatable bonds is 3. The van der Waals surface area contributed by atoms with E-state index in [1.807, 2.05) is 0 Å². The van der Waals surface area contributed by atoms with Gasteiger partial charge in [0, 0.05) is 11.4 Å². The molecule has 0 saturated heterocycles. The van der Waals surface area contributed by atoms with E-state index in [0.717, 1.165) is 0 Å². The molecule has 0 bridgehead atoms. The summed E-state index contributed by atoms with van der Waals surface area (Å²) >= 11 is 9.69. The van der Waals surface area contributed by atoms with Gasteiger partial charge in [0.25, 0.3) is 5.91 Å². The van der Waals surface area contributed by atoms with E-state index in [0.29, 0.717) is 10.5 Å². The molecular weight excluding hydrogens is 304 g/mol. The second-order valence-corrected chi connectivity index (χ2v) is 5.02. The number of carbonyl (C=O) groups excluding carboxylic acids is 1. The molecule has 2 rings (SSSR count). The molecule has 104 valence electrons. The summed E-state index contributed by atoms with van der Waals surface area (Å²) in [5.41, 5.74) is 0.526. The minimum atomic E-state index is -0.627. The molecule has 0 radical (unpaired) electrons. The molecule has 20 heavy (non-hydrogen) atoms. The molecule has 2 aromatic rings. The molecule has 0 unspecified atom stereocenters. The number of carbonyl (C=O) groups is 1. The molecule has 0 heterocycles. The van der Waals surface area contributed by atoms with Gasteiger partial charge in [0.15, 0.2) is 0 Å². The Labute approximate surface area is 125 Å². The fourth-order valence-electron chi connectivity index (χ4n) is 1.61. The number of nitrogens with one attached hydrogen (secondary N) is 1. The molecule has 0 aromatic heterocycles. The predicted molar refractivity (Wildman–Crippen MR) is 76.2 cm³/mol. The summed E-state index contributed by atoms with van der Waals surface area (Å²) in [7, 11) is 0. The maximum atomic E-state index is 13.5. The van der Waals surface area contributed by atoms with E-state index in [2.05, 4.69) is 17.9 Å². The highest BCUT2D eigenvalue weighted by atomic mass is 35.5. The normalized spacial score (nSPS) is 10.4. The van der Waals surface area contributed by atoms with Crippen LogP contribution in [0.3, 0.4) is 0 Å². The SMILES string of the molecule is O=C(NCc1ccc(F)c(Cl)c1)c1cc(S)ccc1F. The lowest BCUT2D eigenvalue weighted by Gasteiger charge is -2.07. The third-order valence-electron chi connectivity index (χ3n) is 2.63. The van der Waals surface area contributed by atoms with Crippen LogP contribution in [0.15, 0.2) is 41.3 Å². The van der Waals surface area contributed by atoms with Gasteiger partial charge in [0.05, 0.1) is 10.6 Å². The van der Waals surface area contributed by atoms with Crippen molar-refractivity contribution in [3.8, 4) is 0 Å². The Hall–Kier alpha value is -1.59. The maximum Gasteiger partial charge on any atom is 0.254 e. The molecule has 0 saturated carbocycles. The first-order chi connectivity index (χ1) is 9.47. The summed E-state index contributed by atoms with van der Waals surface area (Å²) in [4.78, 5) is 12.3. The molecule has 6 heteroatoms. The van der Waals surface area contributed by atoms with Crippen LogP contribution in [0.5, 0.6) is 0 Å². The first-order valence-electron chi connectivity index (χ1n) is 5.68. The number of hydrogen-bond acceptors (Lipinski definition) is 2. The van der Waals surface area contributed by atoms with Gasteiger partial charge in [-0.3, -0.25) is 4.79 Å². The summed E-state index contributed by atoms with van der Waals surface area (Å²) < 4.78 is 26.5. The Morgan fingerprint density at radius 3 is 2.55 bits per heavy atom. The van der Waals surface area contributed by atoms with Gasteiger partial charge in [-0.15, -0.1) is 12.6 Å². The van der Waals surface area contributed by atoms with Crippen LogP contribution >= 0.6 is 24.2 Å². The Kier molecular flexibility index (Phi) is 4.62. The van der Waals surface area contributed by atoms with Gasteiger partial charge in [0.1, 0.15) is 11.6 Å². The third kappa shape index (κ3) is 3.49. The quantitative estimate of drug-likeness (QED) is 0.828. The van der Waals surface area contributed by atoms with Crippen LogP contribution in [-0.2, 0) is 6.54 Å². The molecule has 2 nitrogen and oxygen atoms in total. The molecule has 0 aliphatic heterocycles. The molecule has 2 aromatic carbocycles. The molecule has 1 amide bonds. The first kappa shape index (κ1) is 14.8. The van der Waals surface area contributed by atoms with Crippen LogP contribution < -0.4 is 5.32 Å². The highest BCUT2D eigenvalue weighted by Crippen LogP contribution is 2.17. The fourth-order valence-corrected chi connectivity index (χ4v) is 2.02. The van der Waals surface area contributed by atoms with Crippen molar-refractivity contribution in [1.29, 1.82) is 0 Å². The zero-order valence-electron chi connectivity index (χ0n) is 10.2. The van der Waals surface area contributed by atoms with Crippen molar-refractivity contribution >= 4 is 30.1 Å². The van der Waals surface area contributed by atoms with Crippen LogP contribution in [0.2, 0.25) is 5.02 Å². The highest BCUT2D eigenvalue weighted by molar-refractivity contribution is 7.80. The zero-order chi connectivity index (χ0) is 14.7. The third-order valence-corrected chi connectivity index (χ3v) is 3.20. The van der Waals surface area contributed by atoms with E-state index >= 15 is 0 Å². The lowest BCUT2D eigenvalue weighted by atomic mass is 10.2. The molecule has 1 N–H and O–H groups in total. The van der Waals surface area contributed by atoms with Gasteiger partial charge >= 0.3 is 0 Å². The molecule has 0 fully saturated rings. The molecule has 0 aliphatic rings. The number of hydrogen-bond donors (Lipinski definition) is 2. The molecule has 0 atom stereocenters. The monoisotopic (exact) mass is 313 g/mol. The predicted octanol–water partition coefficient (Wildman–Crippen LogP) is 3.84. The van der Waals surface area contributed by atoms with E-state index in [-0.39, 0.29) is 17.1 Å². The second-order valence-electron chi connectivity index (χ2n) is 4.10. The maximum absolute atomic E-state index is 13.5. The minimum Gasteiger partial charge on any atom is -0.348 e. The Bertz CT molecular complexity index is 664. The van der Waals surface area contributed by atoms with Crippen LogP contribution in [0.4, 0.5) is 8.78 Å². The van der Waals surface area contributed by atoms with Crippen molar-refractivity contribution in [1.82, 2.24) is 5.32 Å². The summed E-state index contributed by atoms with van der Waals surface area (Å²) in [6, 6.07) is 8.07. The fraction of sp³-hybridized carbons (Fsp3) is 0.0714. The van der Waals surface area contributed by atoms with E-state index < -0.39 is 17.5 Å². The smallest absolute Gasteiger partial charge is 0.254 e. The number of thiol groups is 1. The Balaban J connectivity index is 2.08. The van der Waals surface area contributed by atoms with Crippen molar-refractivity contribution in [3.63, 3.8) is 0 Å². The Morgan fingerprint density at radius 2 is 1.85 bits per heavy atom. The van der Waals surface area contributed by atoms with Crippen LogP contribution in [0.25, 0.3) is 0 Å². The Morgan fingerprint density at radius 1 is 1.15 bits per heavy atom. The molecule has 0 spiro atoms. The average Bonchev–Trinajstić information content (AvgIpc) is 2.42. The van der Waals surface area contributed by atoms with E-state index in [4.69, 9.17) is 11.6 Å². The highest BCUT2D eigenvalue weighted by Gasteiger charge is 2.12. The van der Waals surface area contributed by atoms with Gasteiger partial charge < -0.3 is 5.32 Å². The van der Waals surface area contributed by atoms with E-state index in [1.54, 1.807) is 0 Å². The van der Waals surface area contributed by atoms with E-state index in [1.165, 1.54) is 36.4 Å². The largest absolute Gasteiger partial charge is 0.348 e. The number of amides is 1. The second kappa shape index (κ2) is 6.24. The standard InChI is InChI=1S/C14H10ClF2NOS/c15-11-5-8(1-3-13(11)17)7-18-14(19)10-6-9(20)2-4-12(10)16/h1-6,20H,7H2,(H,18,19). The first-order valence-corrected chi connectivity index (χ1v) is 6.50. The van der Waals surface area contributed by atoms with Crippen molar-refractivity contribution in [2.45, 2.75) is 11.4 Å². The topological polar surface area (TPSA) is 29.1 Å². The van der Waals surface area contributed by atoms with Gasteiger partial charge in [0.2, 0.25) is 0 Å². The van der Waals surface area contributed by atoms with Crippen molar-refractivity contribution in [3.05, 3.63) is 64.2 Å². The van der Waals surface area contributed by atoms with Crippen molar-refractivity contribution < 1.29 is 13.6 Å². The van der Waals surface area contributed by atoms with Gasteiger partial charge in [-0.2, -0.15) is 0 Å².